The van der Waals surface area contributed by atoms with E-state index >= 15 is 0 Å². The van der Waals surface area contributed by atoms with Crippen LogP contribution in [0.1, 0.15) is 16.1 Å². The van der Waals surface area contributed by atoms with Crippen molar-refractivity contribution in [3.8, 4) is 5.75 Å². The minimum atomic E-state index is -0.494. The van der Waals surface area contributed by atoms with Gasteiger partial charge < -0.3 is 4.74 Å². The molecule has 0 aliphatic carbocycles. The molecule has 3 aromatic rings. The predicted octanol–water partition coefficient (Wildman–Crippen LogP) is 1.71. The summed E-state index contributed by atoms with van der Waals surface area (Å²) in [6.07, 6.45) is 1.50. The van der Waals surface area contributed by atoms with Gasteiger partial charge in [0.2, 0.25) is 0 Å². The normalized spacial score (nSPS) is 11.0. The second kappa shape index (κ2) is 6.96. The predicted molar refractivity (Wildman–Crippen MR) is 95.0 cm³/mol. The molecule has 0 fully saturated rings. The molecule has 1 aromatic heterocycles. The Balaban J connectivity index is 1.87. The lowest BCUT2D eigenvalue weighted by Crippen LogP contribution is -2.27. The van der Waals surface area contributed by atoms with Crippen molar-refractivity contribution >= 4 is 22.9 Å². The maximum atomic E-state index is 12.4. The molecule has 0 bridgehead atoms. The minimum Gasteiger partial charge on any atom is -0.497 e. The fraction of sp³-hybridized carbons (Fsp3) is 0.111. The lowest BCUT2D eigenvalue weighted by molar-refractivity contribution is 0.0950. The molecule has 7 heteroatoms. The summed E-state index contributed by atoms with van der Waals surface area (Å²) in [5, 5.41) is 8.91. The molecule has 0 saturated carbocycles. The fourth-order valence-corrected chi connectivity index (χ4v) is 2.41. The molecule has 25 heavy (non-hydrogen) atoms. The number of benzene rings is 2. The Bertz CT molecular complexity index is 1020. The van der Waals surface area contributed by atoms with Gasteiger partial charge in [-0.1, -0.05) is 30.3 Å². The summed E-state index contributed by atoms with van der Waals surface area (Å²) in [6, 6.07) is 14.1. The molecule has 0 atom stereocenters. The standard InChI is InChI=1S/C18H16N4O3/c1-22-18(24)15-9-4-3-8-14(15)16(21-22)17(23)20-19-11-12-6-5-7-13(10-12)25-2/h3-11H,1-2H3,(H,20,23)/b19-11+. The summed E-state index contributed by atoms with van der Waals surface area (Å²) in [5.41, 5.74) is 3.09. The van der Waals surface area contributed by atoms with Crippen molar-refractivity contribution in [3.63, 3.8) is 0 Å². The lowest BCUT2D eigenvalue weighted by atomic mass is 10.1. The topological polar surface area (TPSA) is 85.6 Å². The van der Waals surface area contributed by atoms with Crippen LogP contribution < -0.4 is 15.7 Å². The van der Waals surface area contributed by atoms with Crippen LogP contribution >= 0.6 is 0 Å². The van der Waals surface area contributed by atoms with E-state index in [2.05, 4.69) is 15.6 Å². The van der Waals surface area contributed by atoms with Gasteiger partial charge in [0.05, 0.1) is 18.7 Å². The lowest BCUT2D eigenvalue weighted by Gasteiger charge is -2.06. The van der Waals surface area contributed by atoms with Crippen LogP contribution in [0.2, 0.25) is 0 Å². The molecule has 0 radical (unpaired) electrons. The van der Waals surface area contributed by atoms with E-state index in [1.165, 1.54) is 13.3 Å². The molecule has 0 unspecified atom stereocenters. The number of hydrazone groups is 1. The summed E-state index contributed by atoms with van der Waals surface area (Å²) >= 11 is 0. The van der Waals surface area contributed by atoms with Gasteiger partial charge in [-0.25, -0.2) is 10.1 Å². The third-order valence-electron chi connectivity index (χ3n) is 3.65. The van der Waals surface area contributed by atoms with Gasteiger partial charge in [-0.05, 0) is 23.8 Å². The highest BCUT2D eigenvalue weighted by atomic mass is 16.5. The summed E-state index contributed by atoms with van der Waals surface area (Å²) in [4.78, 5) is 24.5. The first-order chi connectivity index (χ1) is 12.1. The van der Waals surface area contributed by atoms with Gasteiger partial charge in [0.15, 0.2) is 5.69 Å². The summed E-state index contributed by atoms with van der Waals surface area (Å²) in [5.74, 6) is 0.201. The van der Waals surface area contributed by atoms with E-state index in [0.29, 0.717) is 16.5 Å². The van der Waals surface area contributed by atoms with Crippen molar-refractivity contribution in [2.45, 2.75) is 0 Å². The first-order valence-corrected chi connectivity index (χ1v) is 7.53. The molecule has 0 spiro atoms. The van der Waals surface area contributed by atoms with E-state index in [1.807, 2.05) is 18.2 Å². The highest BCUT2D eigenvalue weighted by Gasteiger charge is 2.14. The molecule has 0 aliphatic heterocycles. The van der Waals surface area contributed by atoms with E-state index < -0.39 is 5.91 Å². The van der Waals surface area contributed by atoms with Crippen molar-refractivity contribution in [1.29, 1.82) is 0 Å². The molecule has 0 saturated heterocycles. The highest BCUT2D eigenvalue weighted by molar-refractivity contribution is 6.04. The van der Waals surface area contributed by atoms with E-state index in [0.717, 1.165) is 10.2 Å². The van der Waals surface area contributed by atoms with Gasteiger partial charge in [-0.2, -0.15) is 10.2 Å². The molecule has 2 aromatic carbocycles. The number of hydrogen-bond acceptors (Lipinski definition) is 5. The van der Waals surface area contributed by atoms with E-state index in [-0.39, 0.29) is 11.3 Å². The Labute approximate surface area is 143 Å². The van der Waals surface area contributed by atoms with Crippen molar-refractivity contribution in [2.75, 3.05) is 7.11 Å². The number of aryl methyl sites for hydroxylation is 1. The zero-order chi connectivity index (χ0) is 17.8. The molecule has 7 nitrogen and oxygen atoms in total. The number of nitrogens with zero attached hydrogens (tertiary/aromatic N) is 3. The second-order valence-corrected chi connectivity index (χ2v) is 5.30. The Morgan fingerprint density at radius 3 is 2.72 bits per heavy atom. The fourth-order valence-electron chi connectivity index (χ4n) is 2.41. The van der Waals surface area contributed by atoms with Crippen LogP contribution in [0.25, 0.3) is 10.8 Å². The number of carbonyl (C=O) groups excluding carboxylic acids is 1. The number of fused-ring (bicyclic) bond motifs is 1. The molecule has 0 aliphatic rings. The van der Waals surface area contributed by atoms with E-state index in [4.69, 9.17) is 4.74 Å². The zero-order valence-corrected chi connectivity index (χ0v) is 13.8. The van der Waals surface area contributed by atoms with E-state index in [1.54, 1.807) is 37.4 Å². The number of hydrogen-bond donors (Lipinski definition) is 1. The Hall–Kier alpha value is -3.48. The molecular formula is C18H16N4O3. The third kappa shape index (κ3) is 3.40. The molecule has 3 rings (SSSR count). The maximum Gasteiger partial charge on any atom is 0.292 e. The first kappa shape index (κ1) is 16.4. The van der Waals surface area contributed by atoms with Crippen LogP contribution in [0.4, 0.5) is 0 Å². The minimum absolute atomic E-state index is 0.139. The Morgan fingerprint density at radius 1 is 1.20 bits per heavy atom. The van der Waals surface area contributed by atoms with Gasteiger partial charge in [0.1, 0.15) is 5.75 Å². The van der Waals surface area contributed by atoms with Crippen molar-refractivity contribution in [3.05, 3.63) is 70.1 Å². The number of methoxy groups -OCH3 is 1. The van der Waals surface area contributed by atoms with Gasteiger partial charge >= 0.3 is 0 Å². The van der Waals surface area contributed by atoms with Crippen molar-refractivity contribution in [2.24, 2.45) is 12.1 Å². The first-order valence-electron chi connectivity index (χ1n) is 7.53. The molecule has 1 N–H and O–H groups in total. The third-order valence-corrected chi connectivity index (χ3v) is 3.65. The average molecular weight is 336 g/mol. The van der Waals surface area contributed by atoms with Crippen LogP contribution in [-0.4, -0.2) is 29.0 Å². The molecule has 1 heterocycles. The largest absolute Gasteiger partial charge is 0.497 e. The Morgan fingerprint density at radius 2 is 1.96 bits per heavy atom. The van der Waals surface area contributed by atoms with Crippen LogP contribution in [-0.2, 0) is 7.05 Å². The SMILES string of the molecule is COc1cccc(/C=N/NC(=O)c2nn(C)c(=O)c3ccccc23)c1. The van der Waals surface area contributed by atoms with Gasteiger partial charge in [-0.3, -0.25) is 9.59 Å². The number of rotatable bonds is 4. The number of amides is 1. The van der Waals surface area contributed by atoms with Crippen molar-refractivity contribution < 1.29 is 9.53 Å². The number of ether oxygens (including phenoxy) is 1. The van der Waals surface area contributed by atoms with Gasteiger partial charge in [0.25, 0.3) is 11.5 Å². The maximum absolute atomic E-state index is 12.4. The molecule has 1 amide bonds. The number of nitrogens with one attached hydrogen (secondary N) is 1. The van der Waals surface area contributed by atoms with Crippen LogP contribution in [0.5, 0.6) is 5.75 Å². The highest BCUT2D eigenvalue weighted by Crippen LogP contribution is 2.13. The quantitative estimate of drug-likeness (QED) is 0.580. The molecular weight excluding hydrogens is 320 g/mol. The monoisotopic (exact) mass is 336 g/mol. The second-order valence-electron chi connectivity index (χ2n) is 5.30. The van der Waals surface area contributed by atoms with Gasteiger partial charge in [-0.15, -0.1) is 0 Å². The number of carbonyl (C=O) groups is 1. The number of aromatic nitrogens is 2. The smallest absolute Gasteiger partial charge is 0.292 e. The van der Waals surface area contributed by atoms with E-state index in [9.17, 15) is 9.59 Å². The summed E-state index contributed by atoms with van der Waals surface area (Å²) < 4.78 is 6.27. The van der Waals surface area contributed by atoms with Crippen LogP contribution in [0.3, 0.4) is 0 Å². The summed E-state index contributed by atoms with van der Waals surface area (Å²) in [6.45, 7) is 0. The Kier molecular flexibility index (Phi) is 4.56. The van der Waals surface area contributed by atoms with Crippen LogP contribution in [0, 0.1) is 0 Å². The molecule has 126 valence electrons. The zero-order valence-electron chi connectivity index (χ0n) is 13.8. The summed E-state index contributed by atoms with van der Waals surface area (Å²) in [7, 11) is 3.08. The van der Waals surface area contributed by atoms with Crippen LogP contribution in [0.15, 0.2) is 58.4 Å². The average Bonchev–Trinajstić information content (AvgIpc) is 2.64. The van der Waals surface area contributed by atoms with Gasteiger partial charge in [0, 0.05) is 12.4 Å². The van der Waals surface area contributed by atoms with Crippen molar-refractivity contribution in [1.82, 2.24) is 15.2 Å².